The van der Waals surface area contributed by atoms with E-state index in [4.69, 9.17) is 0 Å². The smallest absolute Gasteiger partial charge is 0.0540 e. The van der Waals surface area contributed by atoms with Crippen molar-refractivity contribution in [2.45, 2.75) is 0 Å². The zero-order chi connectivity index (χ0) is 28.0. The van der Waals surface area contributed by atoms with Gasteiger partial charge in [0, 0.05) is 21.2 Å². The highest BCUT2D eigenvalue weighted by Gasteiger charge is 2.16. The van der Waals surface area contributed by atoms with Crippen LogP contribution in [0, 0.1) is 0 Å². The molecule has 0 fully saturated rings. The van der Waals surface area contributed by atoms with Crippen molar-refractivity contribution in [3.63, 3.8) is 0 Å². The van der Waals surface area contributed by atoms with Gasteiger partial charge in [0.25, 0.3) is 0 Å². The summed E-state index contributed by atoms with van der Waals surface area (Å²) < 4.78 is 1.10. The lowest BCUT2D eigenvalue weighted by atomic mass is 9.98. The number of hydrogen-bond donors (Lipinski definition) is 0. The number of benzene rings is 8. The second kappa shape index (κ2) is 10.2. The summed E-state index contributed by atoms with van der Waals surface area (Å²) >= 11 is 3.59. The van der Waals surface area contributed by atoms with Gasteiger partial charge in [-0.15, -0.1) is 0 Å². The van der Waals surface area contributed by atoms with Crippen molar-refractivity contribution in [3.05, 3.63) is 162 Å². The van der Waals surface area contributed by atoms with Crippen LogP contribution < -0.4 is 4.90 Å². The zero-order valence-corrected chi connectivity index (χ0v) is 24.4. The lowest BCUT2D eigenvalue weighted by Crippen LogP contribution is -2.10. The van der Waals surface area contributed by atoms with Crippen LogP contribution in [0.5, 0.6) is 0 Å². The van der Waals surface area contributed by atoms with Crippen molar-refractivity contribution >= 4 is 76.1 Å². The fourth-order valence-corrected chi connectivity index (χ4v) is 6.47. The summed E-state index contributed by atoms with van der Waals surface area (Å²) in [4.78, 5) is 2.39. The van der Waals surface area contributed by atoms with E-state index in [1.165, 1.54) is 59.9 Å². The van der Waals surface area contributed by atoms with E-state index in [9.17, 15) is 0 Å². The van der Waals surface area contributed by atoms with Crippen molar-refractivity contribution in [3.8, 4) is 11.1 Å². The van der Waals surface area contributed by atoms with Crippen molar-refractivity contribution in [1.29, 1.82) is 0 Å². The molecule has 0 amide bonds. The van der Waals surface area contributed by atoms with Gasteiger partial charge in [-0.05, 0) is 103 Å². The number of halogens is 1. The first-order chi connectivity index (χ1) is 20.7. The highest BCUT2D eigenvalue weighted by molar-refractivity contribution is 9.10. The van der Waals surface area contributed by atoms with Gasteiger partial charge in [0.05, 0.1) is 5.69 Å². The third kappa shape index (κ3) is 4.41. The Kier molecular flexibility index (Phi) is 6.01. The largest absolute Gasteiger partial charge is 0.310 e. The van der Waals surface area contributed by atoms with Crippen LogP contribution in [0.25, 0.3) is 54.2 Å². The molecule has 0 unspecified atom stereocenters. The monoisotopic (exact) mass is 599 g/mol. The number of fused-ring (bicyclic) bond motifs is 4. The van der Waals surface area contributed by atoms with Gasteiger partial charge in [0.1, 0.15) is 0 Å². The molecule has 198 valence electrons. The molecule has 8 aromatic carbocycles. The normalized spacial score (nSPS) is 11.5. The van der Waals surface area contributed by atoms with E-state index < -0.39 is 0 Å². The average Bonchev–Trinajstić information content (AvgIpc) is 3.04. The molecule has 0 saturated heterocycles. The number of rotatable bonds is 4. The van der Waals surface area contributed by atoms with Gasteiger partial charge < -0.3 is 4.90 Å². The first-order valence-electron chi connectivity index (χ1n) is 14.2. The van der Waals surface area contributed by atoms with Crippen molar-refractivity contribution in [1.82, 2.24) is 0 Å². The van der Waals surface area contributed by atoms with E-state index in [1.807, 2.05) is 0 Å². The summed E-state index contributed by atoms with van der Waals surface area (Å²) in [6, 6.07) is 57.3. The average molecular weight is 601 g/mol. The van der Waals surface area contributed by atoms with Gasteiger partial charge in [0.2, 0.25) is 0 Å². The Morgan fingerprint density at radius 2 is 0.857 bits per heavy atom. The summed E-state index contributed by atoms with van der Waals surface area (Å²) in [7, 11) is 0. The topological polar surface area (TPSA) is 3.24 Å². The van der Waals surface area contributed by atoms with Crippen LogP contribution in [0.4, 0.5) is 17.1 Å². The molecule has 2 heteroatoms. The number of hydrogen-bond acceptors (Lipinski definition) is 1. The number of nitrogens with zero attached hydrogens (tertiary/aromatic N) is 1. The third-order valence-corrected chi connectivity index (χ3v) is 8.71. The fraction of sp³-hybridized carbons (Fsp3) is 0. The summed E-state index contributed by atoms with van der Waals surface area (Å²) in [6.07, 6.45) is 0. The summed E-state index contributed by atoms with van der Waals surface area (Å²) in [5.74, 6) is 0. The maximum Gasteiger partial charge on any atom is 0.0540 e. The van der Waals surface area contributed by atoms with Crippen molar-refractivity contribution in [2.75, 3.05) is 4.90 Å². The van der Waals surface area contributed by atoms with Gasteiger partial charge in [-0.25, -0.2) is 0 Å². The predicted molar refractivity (Wildman–Crippen MR) is 184 cm³/mol. The molecule has 0 bridgehead atoms. The summed E-state index contributed by atoms with van der Waals surface area (Å²) in [6.45, 7) is 0. The summed E-state index contributed by atoms with van der Waals surface area (Å²) in [5.41, 5.74) is 5.90. The molecule has 0 aliphatic carbocycles. The molecular formula is C40H26BrN. The van der Waals surface area contributed by atoms with E-state index in [0.717, 1.165) is 15.8 Å². The van der Waals surface area contributed by atoms with Crippen LogP contribution >= 0.6 is 15.9 Å². The van der Waals surface area contributed by atoms with Crippen molar-refractivity contribution in [2.24, 2.45) is 0 Å². The second-order valence-corrected chi connectivity index (χ2v) is 11.7. The summed E-state index contributed by atoms with van der Waals surface area (Å²) in [5, 5.41) is 9.85. The molecule has 0 aliphatic rings. The van der Waals surface area contributed by atoms with Gasteiger partial charge >= 0.3 is 0 Å². The van der Waals surface area contributed by atoms with E-state index in [1.54, 1.807) is 0 Å². The second-order valence-electron chi connectivity index (χ2n) is 10.8. The van der Waals surface area contributed by atoms with E-state index in [2.05, 4.69) is 179 Å². The Morgan fingerprint density at radius 3 is 1.60 bits per heavy atom. The van der Waals surface area contributed by atoms with E-state index in [0.29, 0.717) is 0 Å². The van der Waals surface area contributed by atoms with Crippen LogP contribution in [0.3, 0.4) is 0 Å². The quantitative estimate of drug-likeness (QED) is 0.194. The zero-order valence-electron chi connectivity index (χ0n) is 22.8. The lowest BCUT2D eigenvalue weighted by molar-refractivity contribution is 1.31. The van der Waals surface area contributed by atoms with Crippen LogP contribution in [0.1, 0.15) is 0 Å². The van der Waals surface area contributed by atoms with Crippen LogP contribution in [-0.4, -0.2) is 0 Å². The van der Waals surface area contributed by atoms with Gasteiger partial charge in [-0.1, -0.05) is 119 Å². The maximum atomic E-state index is 3.59. The molecule has 0 heterocycles. The molecule has 0 aromatic heterocycles. The predicted octanol–water partition coefficient (Wildman–Crippen LogP) is 12.2. The first-order valence-corrected chi connectivity index (χ1v) is 15.0. The molecule has 0 aliphatic heterocycles. The van der Waals surface area contributed by atoms with Crippen LogP contribution in [0.15, 0.2) is 162 Å². The van der Waals surface area contributed by atoms with E-state index >= 15 is 0 Å². The molecule has 8 rings (SSSR count). The Morgan fingerprint density at radius 1 is 0.357 bits per heavy atom. The molecular weight excluding hydrogens is 574 g/mol. The van der Waals surface area contributed by atoms with Crippen LogP contribution in [0.2, 0.25) is 0 Å². The first kappa shape index (κ1) is 24.8. The Hall–Kier alpha value is -4.92. The Bertz CT molecular complexity index is 2280. The van der Waals surface area contributed by atoms with Crippen molar-refractivity contribution < 1.29 is 0 Å². The number of anilines is 3. The fourth-order valence-electron chi connectivity index (χ4n) is 6.09. The highest BCUT2D eigenvalue weighted by atomic mass is 79.9. The van der Waals surface area contributed by atoms with E-state index in [-0.39, 0.29) is 0 Å². The Balaban J connectivity index is 1.27. The maximum absolute atomic E-state index is 3.59. The molecule has 8 aromatic rings. The van der Waals surface area contributed by atoms with Gasteiger partial charge in [-0.2, -0.15) is 0 Å². The Labute approximate surface area is 253 Å². The minimum atomic E-state index is 1.10. The lowest BCUT2D eigenvalue weighted by Gasteiger charge is -2.27. The molecule has 0 atom stereocenters. The minimum absolute atomic E-state index is 1.10. The molecule has 0 spiro atoms. The minimum Gasteiger partial charge on any atom is -0.310 e. The molecule has 1 nitrogen and oxygen atoms in total. The molecule has 0 N–H and O–H groups in total. The van der Waals surface area contributed by atoms with Gasteiger partial charge in [-0.3, -0.25) is 0 Å². The molecule has 42 heavy (non-hydrogen) atoms. The SMILES string of the molecule is Brc1ccc2cc(-c3ccc4cc(N(c5ccc6ccccc6c5)c5cccc6ccccc56)ccc4c3)ccc2c1. The standard InChI is InChI=1S/C40H26BrN/c41-36-19-16-32-22-30(12-14-34(32)24-36)31-13-15-35-26-38(21-18-33(35)23-31)42(37-20-17-27-6-1-2-8-29(27)25-37)40-11-5-9-28-7-3-4-10-39(28)40/h1-26H. The molecule has 0 saturated carbocycles. The highest BCUT2D eigenvalue weighted by Crippen LogP contribution is 2.41. The third-order valence-electron chi connectivity index (χ3n) is 8.22. The van der Waals surface area contributed by atoms with Gasteiger partial charge in [0.15, 0.2) is 0 Å². The van der Waals surface area contributed by atoms with Crippen LogP contribution in [-0.2, 0) is 0 Å². The molecule has 0 radical (unpaired) electrons.